The normalized spacial score (nSPS) is 18.5. The molecule has 0 radical (unpaired) electrons. The highest BCUT2D eigenvalue weighted by atomic mass is 16.6. The van der Waals surface area contributed by atoms with Crippen molar-refractivity contribution in [3.8, 4) is 22.8 Å². The fourth-order valence-corrected chi connectivity index (χ4v) is 2.78. The average molecular weight is 341 g/mol. The fourth-order valence-electron chi connectivity index (χ4n) is 2.78. The molecule has 3 aromatic rings. The van der Waals surface area contributed by atoms with Crippen LogP contribution in [0.3, 0.4) is 0 Å². The summed E-state index contributed by atoms with van der Waals surface area (Å²) in [5.74, 6) is 0.796. The van der Waals surface area contributed by atoms with Crippen LogP contribution < -0.4 is 0 Å². The molecule has 0 bridgehead atoms. The first-order valence-corrected chi connectivity index (χ1v) is 8.34. The molecular weight excluding hydrogens is 322 g/mol. The molecule has 8 nitrogen and oxygen atoms in total. The van der Waals surface area contributed by atoms with Crippen LogP contribution in [0.5, 0.6) is 0 Å². The summed E-state index contributed by atoms with van der Waals surface area (Å²) in [5, 5.41) is 15.0. The summed E-state index contributed by atoms with van der Waals surface area (Å²) in [6.07, 6.45) is 1.96. The highest BCUT2D eigenvalue weighted by Gasteiger charge is 2.23. The van der Waals surface area contributed by atoms with Crippen LogP contribution in [0.15, 0.2) is 34.9 Å². The van der Waals surface area contributed by atoms with Gasteiger partial charge in [-0.1, -0.05) is 35.5 Å². The van der Waals surface area contributed by atoms with Crippen molar-refractivity contribution in [2.24, 2.45) is 0 Å². The van der Waals surface area contributed by atoms with Gasteiger partial charge in [0.1, 0.15) is 11.8 Å². The second-order valence-electron chi connectivity index (χ2n) is 5.95. The van der Waals surface area contributed by atoms with E-state index in [2.05, 4.69) is 25.6 Å². The van der Waals surface area contributed by atoms with Gasteiger partial charge in [-0.2, -0.15) is 20.4 Å². The molecule has 1 aliphatic heterocycles. The fraction of sp³-hybridized carbons (Fsp3) is 0.412. The van der Waals surface area contributed by atoms with E-state index in [4.69, 9.17) is 14.0 Å². The zero-order valence-electron chi connectivity index (χ0n) is 13.9. The number of aromatic nitrogens is 5. The Hall–Kier alpha value is -2.58. The van der Waals surface area contributed by atoms with Gasteiger partial charge in [0, 0.05) is 12.2 Å². The number of hydrogen-bond donors (Lipinski definition) is 1. The molecular formula is C17H19N5O3. The molecule has 8 heteroatoms. The van der Waals surface area contributed by atoms with E-state index >= 15 is 0 Å². The zero-order valence-corrected chi connectivity index (χ0v) is 13.9. The molecule has 1 saturated heterocycles. The van der Waals surface area contributed by atoms with Crippen LogP contribution in [0, 0.1) is 0 Å². The van der Waals surface area contributed by atoms with Gasteiger partial charge in [-0.05, 0) is 19.8 Å². The third-order valence-corrected chi connectivity index (χ3v) is 4.15. The monoisotopic (exact) mass is 341 g/mol. The van der Waals surface area contributed by atoms with Gasteiger partial charge in [0.05, 0.1) is 12.7 Å². The van der Waals surface area contributed by atoms with Crippen molar-refractivity contribution in [2.75, 3.05) is 13.2 Å². The minimum absolute atomic E-state index is 0.157. The van der Waals surface area contributed by atoms with Gasteiger partial charge in [-0.3, -0.25) is 0 Å². The molecule has 1 N–H and O–H groups in total. The predicted molar refractivity (Wildman–Crippen MR) is 88.5 cm³/mol. The number of benzene rings is 1. The van der Waals surface area contributed by atoms with Gasteiger partial charge in [-0.15, -0.1) is 0 Å². The van der Waals surface area contributed by atoms with Crippen molar-refractivity contribution in [1.82, 2.24) is 25.6 Å². The highest BCUT2D eigenvalue weighted by molar-refractivity contribution is 5.73. The quantitative estimate of drug-likeness (QED) is 0.736. The Morgan fingerprint density at radius 1 is 1.24 bits per heavy atom. The number of nitrogens with zero attached hydrogens (tertiary/aromatic N) is 4. The molecule has 2 unspecified atom stereocenters. The maximum absolute atomic E-state index is 5.79. The van der Waals surface area contributed by atoms with E-state index in [1.165, 1.54) is 0 Å². The van der Waals surface area contributed by atoms with Crippen molar-refractivity contribution in [1.29, 1.82) is 0 Å². The van der Waals surface area contributed by atoms with Crippen molar-refractivity contribution in [3.63, 3.8) is 0 Å². The van der Waals surface area contributed by atoms with Crippen molar-refractivity contribution in [2.45, 2.75) is 32.0 Å². The highest BCUT2D eigenvalue weighted by Crippen LogP contribution is 2.27. The van der Waals surface area contributed by atoms with Crippen LogP contribution in [-0.4, -0.2) is 44.9 Å². The van der Waals surface area contributed by atoms with E-state index in [0.717, 1.165) is 25.0 Å². The van der Waals surface area contributed by atoms with Gasteiger partial charge in [0.15, 0.2) is 5.69 Å². The molecule has 0 saturated carbocycles. The number of nitrogens with one attached hydrogen (secondary N) is 1. The first-order chi connectivity index (χ1) is 12.3. The Morgan fingerprint density at radius 3 is 2.88 bits per heavy atom. The third kappa shape index (κ3) is 3.45. The first kappa shape index (κ1) is 15.9. The van der Waals surface area contributed by atoms with Crippen LogP contribution in [0.1, 0.15) is 31.8 Å². The van der Waals surface area contributed by atoms with E-state index in [9.17, 15) is 0 Å². The second kappa shape index (κ2) is 7.12. The van der Waals surface area contributed by atoms with E-state index in [1.54, 1.807) is 0 Å². The van der Waals surface area contributed by atoms with Crippen molar-refractivity contribution in [3.05, 3.63) is 36.2 Å². The van der Waals surface area contributed by atoms with Gasteiger partial charge >= 0.3 is 0 Å². The maximum atomic E-state index is 5.79. The van der Waals surface area contributed by atoms with Crippen LogP contribution in [0.2, 0.25) is 0 Å². The summed E-state index contributed by atoms with van der Waals surface area (Å²) >= 11 is 0. The lowest BCUT2D eigenvalue weighted by Crippen LogP contribution is -2.15. The van der Waals surface area contributed by atoms with Crippen LogP contribution >= 0.6 is 0 Å². The van der Waals surface area contributed by atoms with Crippen LogP contribution in [0.25, 0.3) is 22.8 Å². The Bertz CT molecular complexity index is 811. The van der Waals surface area contributed by atoms with Crippen LogP contribution in [0.4, 0.5) is 0 Å². The molecule has 1 aromatic carbocycles. The SMILES string of the molecule is CC(OCC1CCCO1)c1nc(-c2n[nH]nc2-c2ccccc2)no1. The first-order valence-electron chi connectivity index (χ1n) is 8.34. The standard InChI is InChI=1S/C17H19N5O3/c1-11(24-10-13-8-5-9-23-13)17-18-16(21-25-17)15-14(19-22-20-15)12-6-3-2-4-7-12/h2-4,6-7,11,13H,5,8-10H2,1H3,(H,19,20,22). The summed E-state index contributed by atoms with van der Waals surface area (Å²) in [6.45, 7) is 3.22. The molecule has 3 heterocycles. The lowest BCUT2D eigenvalue weighted by molar-refractivity contribution is -0.0250. The lowest BCUT2D eigenvalue weighted by Gasteiger charge is -2.12. The maximum Gasteiger partial charge on any atom is 0.255 e. The van der Waals surface area contributed by atoms with E-state index < -0.39 is 0 Å². The summed E-state index contributed by atoms with van der Waals surface area (Å²) < 4.78 is 16.7. The topological polar surface area (TPSA) is 99.0 Å². The molecule has 25 heavy (non-hydrogen) atoms. The van der Waals surface area contributed by atoms with Gasteiger partial charge in [0.2, 0.25) is 5.82 Å². The van der Waals surface area contributed by atoms with Crippen molar-refractivity contribution < 1.29 is 14.0 Å². The van der Waals surface area contributed by atoms with Gasteiger partial charge < -0.3 is 14.0 Å². The largest absolute Gasteiger partial charge is 0.376 e. The van der Waals surface area contributed by atoms with E-state index in [1.807, 2.05) is 37.3 Å². The van der Waals surface area contributed by atoms with E-state index in [-0.39, 0.29) is 12.2 Å². The number of ether oxygens (including phenoxy) is 2. The molecule has 4 rings (SSSR count). The molecule has 1 fully saturated rings. The number of rotatable bonds is 6. The average Bonchev–Trinajstić information content (AvgIpc) is 3.41. The molecule has 0 spiro atoms. The smallest absolute Gasteiger partial charge is 0.255 e. The third-order valence-electron chi connectivity index (χ3n) is 4.15. The van der Waals surface area contributed by atoms with Gasteiger partial charge in [0.25, 0.3) is 5.89 Å². The van der Waals surface area contributed by atoms with E-state index in [0.29, 0.717) is 29.7 Å². The minimum Gasteiger partial charge on any atom is -0.376 e. The van der Waals surface area contributed by atoms with Gasteiger partial charge in [-0.25, -0.2) is 0 Å². The van der Waals surface area contributed by atoms with Crippen molar-refractivity contribution >= 4 is 0 Å². The number of H-pyrrole nitrogens is 1. The minimum atomic E-state index is -0.308. The second-order valence-corrected chi connectivity index (χ2v) is 5.95. The predicted octanol–water partition coefficient (Wildman–Crippen LogP) is 2.78. The molecule has 2 aromatic heterocycles. The Morgan fingerprint density at radius 2 is 2.08 bits per heavy atom. The Labute approximate surface area is 144 Å². The molecule has 1 aliphatic rings. The lowest BCUT2D eigenvalue weighted by atomic mass is 10.1. The molecule has 0 amide bonds. The Balaban J connectivity index is 1.49. The Kier molecular flexibility index (Phi) is 4.53. The summed E-state index contributed by atoms with van der Waals surface area (Å²) in [7, 11) is 0. The number of hydrogen-bond acceptors (Lipinski definition) is 7. The van der Waals surface area contributed by atoms with Crippen LogP contribution in [-0.2, 0) is 9.47 Å². The molecule has 0 aliphatic carbocycles. The number of aromatic amines is 1. The molecule has 130 valence electrons. The zero-order chi connectivity index (χ0) is 17.1. The summed E-state index contributed by atoms with van der Waals surface area (Å²) in [5.41, 5.74) is 2.16. The summed E-state index contributed by atoms with van der Waals surface area (Å²) in [4.78, 5) is 4.42. The summed E-state index contributed by atoms with van der Waals surface area (Å²) in [6, 6.07) is 9.74. The molecule has 2 atom stereocenters.